The lowest BCUT2D eigenvalue weighted by Crippen LogP contribution is -2.16. The van der Waals surface area contributed by atoms with Gasteiger partial charge in [-0.25, -0.2) is 10.8 Å². The lowest BCUT2D eigenvalue weighted by atomic mass is 10.1. The van der Waals surface area contributed by atoms with Crippen LogP contribution in [0.25, 0.3) is 0 Å². The Hall–Kier alpha value is -0.880. The van der Waals surface area contributed by atoms with Crippen molar-refractivity contribution in [2.75, 3.05) is 17.3 Å². The number of anilines is 2. The van der Waals surface area contributed by atoms with Gasteiger partial charge in [-0.15, -0.1) is 0 Å². The number of hydrogen-bond acceptors (Lipinski definition) is 5. The number of halogens is 1. The van der Waals surface area contributed by atoms with Gasteiger partial charge in [0.15, 0.2) is 0 Å². The second-order valence-corrected chi connectivity index (χ2v) is 5.08. The highest BCUT2D eigenvalue weighted by Crippen LogP contribution is 2.36. The highest BCUT2D eigenvalue weighted by molar-refractivity contribution is 9.10. The van der Waals surface area contributed by atoms with Crippen LogP contribution in [0, 0.1) is 11.8 Å². The molecule has 0 aromatic carbocycles. The van der Waals surface area contributed by atoms with Gasteiger partial charge in [0, 0.05) is 12.7 Å². The smallest absolute Gasteiger partial charge is 0.239 e. The van der Waals surface area contributed by atoms with Gasteiger partial charge in [-0.05, 0) is 40.6 Å². The number of hydrogen-bond donors (Lipinski definition) is 3. The van der Waals surface area contributed by atoms with Crippen molar-refractivity contribution >= 4 is 27.7 Å². The molecule has 1 aliphatic carbocycles. The minimum Gasteiger partial charge on any atom is -0.369 e. The molecular weight excluding hydrogens is 270 g/mol. The number of nitrogens with one attached hydrogen (secondary N) is 2. The molecule has 1 aromatic rings. The van der Waals surface area contributed by atoms with Crippen molar-refractivity contribution in [3.8, 4) is 0 Å². The minimum absolute atomic E-state index is 0.421. The summed E-state index contributed by atoms with van der Waals surface area (Å²) >= 11 is 3.41. The Morgan fingerprint density at radius 3 is 3.00 bits per heavy atom. The average Bonchev–Trinajstić information content (AvgIpc) is 3.11. The first-order valence-corrected chi connectivity index (χ1v) is 6.23. The van der Waals surface area contributed by atoms with Crippen LogP contribution in [0.3, 0.4) is 0 Å². The van der Waals surface area contributed by atoms with Gasteiger partial charge < -0.3 is 5.32 Å². The summed E-state index contributed by atoms with van der Waals surface area (Å²) in [6, 6.07) is 0. The van der Waals surface area contributed by atoms with Crippen molar-refractivity contribution in [1.82, 2.24) is 9.97 Å². The lowest BCUT2D eigenvalue weighted by Gasteiger charge is -2.13. The Morgan fingerprint density at radius 1 is 1.62 bits per heavy atom. The van der Waals surface area contributed by atoms with Crippen LogP contribution in [0.2, 0.25) is 0 Å². The van der Waals surface area contributed by atoms with Crippen molar-refractivity contribution in [3.05, 3.63) is 10.7 Å². The molecule has 1 heterocycles. The molecule has 0 saturated heterocycles. The van der Waals surface area contributed by atoms with E-state index in [1.54, 1.807) is 6.20 Å². The summed E-state index contributed by atoms with van der Waals surface area (Å²) in [6.07, 6.45) is 4.42. The molecule has 16 heavy (non-hydrogen) atoms. The fraction of sp³-hybridized carbons (Fsp3) is 0.600. The van der Waals surface area contributed by atoms with E-state index in [0.29, 0.717) is 11.9 Å². The molecule has 1 unspecified atom stereocenters. The number of nitrogen functional groups attached to an aromatic ring is 1. The van der Waals surface area contributed by atoms with E-state index in [1.165, 1.54) is 12.8 Å². The summed E-state index contributed by atoms with van der Waals surface area (Å²) in [4.78, 5) is 8.24. The number of hydrazine groups is 1. The maximum Gasteiger partial charge on any atom is 0.239 e. The molecule has 1 fully saturated rings. The second kappa shape index (κ2) is 4.97. The van der Waals surface area contributed by atoms with Crippen molar-refractivity contribution in [3.63, 3.8) is 0 Å². The predicted octanol–water partition coefficient (Wildman–Crippen LogP) is 1.98. The van der Waals surface area contributed by atoms with Crippen molar-refractivity contribution < 1.29 is 0 Å². The van der Waals surface area contributed by atoms with Gasteiger partial charge in [-0.2, -0.15) is 4.98 Å². The third-order valence-corrected chi connectivity index (χ3v) is 3.47. The zero-order chi connectivity index (χ0) is 11.5. The Bertz CT molecular complexity index is 366. The van der Waals surface area contributed by atoms with Gasteiger partial charge in [0.1, 0.15) is 5.82 Å². The summed E-state index contributed by atoms with van der Waals surface area (Å²) in [5.41, 5.74) is 2.43. The van der Waals surface area contributed by atoms with Crippen molar-refractivity contribution in [1.29, 1.82) is 0 Å². The fourth-order valence-electron chi connectivity index (χ4n) is 1.65. The molecule has 0 amide bonds. The molecule has 6 heteroatoms. The molecule has 0 aliphatic heterocycles. The highest BCUT2D eigenvalue weighted by atomic mass is 79.9. The molecule has 1 atom stereocenters. The van der Waals surface area contributed by atoms with E-state index >= 15 is 0 Å². The first-order chi connectivity index (χ1) is 7.70. The fourth-order valence-corrected chi connectivity index (χ4v) is 1.98. The second-order valence-electron chi connectivity index (χ2n) is 4.23. The summed E-state index contributed by atoms with van der Waals surface area (Å²) in [5, 5.41) is 3.32. The summed E-state index contributed by atoms with van der Waals surface area (Å²) in [6.45, 7) is 3.20. The van der Waals surface area contributed by atoms with E-state index in [9.17, 15) is 0 Å². The monoisotopic (exact) mass is 285 g/mol. The maximum absolute atomic E-state index is 5.26. The van der Waals surface area contributed by atoms with E-state index in [4.69, 9.17) is 5.84 Å². The minimum atomic E-state index is 0.421. The van der Waals surface area contributed by atoms with Gasteiger partial charge >= 0.3 is 0 Å². The first kappa shape index (κ1) is 11.6. The third kappa shape index (κ3) is 2.82. The van der Waals surface area contributed by atoms with Crippen molar-refractivity contribution in [2.45, 2.75) is 19.8 Å². The number of nitrogens with two attached hydrogens (primary N) is 1. The number of aromatic nitrogens is 2. The topological polar surface area (TPSA) is 75.9 Å². The van der Waals surface area contributed by atoms with Crippen LogP contribution in [0.5, 0.6) is 0 Å². The van der Waals surface area contributed by atoms with E-state index in [0.717, 1.165) is 22.8 Å². The molecule has 5 nitrogen and oxygen atoms in total. The molecule has 2 rings (SSSR count). The summed E-state index contributed by atoms with van der Waals surface area (Å²) in [7, 11) is 0. The van der Waals surface area contributed by atoms with Gasteiger partial charge in [0.05, 0.1) is 4.47 Å². The Balaban J connectivity index is 1.96. The highest BCUT2D eigenvalue weighted by Gasteiger charge is 2.27. The quantitative estimate of drug-likeness (QED) is 0.570. The van der Waals surface area contributed by atoms with E-state index in [-0.39, 0.29) is 0 Å². The summed E-state index contributed by atoms with van der Waals surface area (Å²) in [5.74, 6) is 8.05. The van der Waals surface area contributed by atoms with Crippen LogP contribution in [0.15, 0.2) is 10.7 Å². The Kier molecular flexibility index (Phi) is 3.60. The normalized spacial score (nSPS) is 16.9. The van der Waals surface area contributed by atoms with Crippen LogP contribution >= 0.6 is 15.9 Å². The zero-order valence-electron chi connectivity index (χ0n) is 9.20. The Morgan fingerprint density at radius 2 is 2.38 bits per heavy atom. The van der Waals surface area contributed by atoms with Crippen LogP contribution < -0.4 is 16.6 Å². The van der Waals surface area contributed by atoms with E-state index in [1.807, 2.05) is 0 Å². The third-order valence-electron chi connectivity index (χ3n) is 2.89. The Labute approximate surface area is 103 Å². The van der Waals surface area contributed by atoms with Gasteiger partial charge in [0.2, 0.25) is 5.95 Å². The molecule has 88 valence electrons. The van der Waals surface area contributed by atoms with Crippen LogP contribution in [-0.4, -0.2) is 16.5 Å². The lowest BCUT2D eigenvalue weighted by molar-refractivity contribution is 0.536. The maximum atomic E-state index is 5.26. The number of rotatable bonds is 5. The SMILES string of the molecule is CC(CNc1nc(NN)ncc1Br)C1CC1. The molecular formula is C10H16BrN5. The van der Waals surface area contributed by atoms with Crippen LogP contribution in [-0.2, 0) is 0 Å². The molecule has 1 aromatic heterocycles. The predicted molar refractivity (Wildman–Crippen MR) is 67.9 cm³/mol. The van der Waals surface area contributed by atoms with Crippen LogP contribution in [0.1, 0.15) is 19.8 Å². The molecule has 4 N–H and O–H groups in total. The standard InChI is InChI=1S/C10H16BrN5/c1-6(7-2-3-7)4-13-9-8(11)5-14-10(15-9)16-12/h5-7H,2-4,12H2,1H3,(H2,13,14,15,16). The van der Waals surface area contributed by atoms with E-state index in [2.05, 4.69) is 43.6 Å². The molecule has 0 radical (unpaired) electrons. The van der Waals surface area contributed by atoms with Gasteiger partial charge in [-0.1, -0.05) is 6.92 Å². The van der Waals surface area contributed by atoms with Gasteiger partial charge in [0.25, 0.3) is 0 Å². The van der Waals surface area contributed by atoms with Crippen molar-refractivity contribution in [2.24, 2.45) is 17.7 Å². The van der Waals surface area contributed by atoms with E-state index < -0.39 is 0 Å². The van der Waals surface area contributed by atoms with Crippen LogP contribution in [0.4, 0.5) is 11.8 Å². The van der Waals surface area contributed by atoms with Gasteiger partial charge in [-0.3, -0.25) is 5.43 Å². The average molecular weight is 286 g/mol. The molecule has 0 bridgehead atoms. The largest absolute Gasteiger partial charge is 0.369 e. The number of nitrogens with zero attached hydrogens (tertiary/aromatic N) is 2. The molecule has 1 aliphatic rings. The zero-order valence-corrected chi connectivity index (χ0v) is 10.8. The molecule has 0 spiro atoms. The summed E-state index contributed by atoms with van der Waals surface area (Å²) < 4.78 is 0.856. The molecule has 1 saturated carbocycles. The first-order valence-electron chi connectivity index (χ1n) is 5.43.